The molecule has 2 nitrogen and oxygen atoms in total. The van der Waals surface area contributed by atoms with Crippen molar-refractivity contribution < 1.29 is 0 Å². The van der Waals surface area contributed by atoms with Crippen molar-refractivity contribution in [2.75, 3.05) is 10.2 Å². The Bertz CT molecular complexity index is 3320. The molecular formula is C68H70N2. The van der Waals surface area contributed by atoms with Crippen molar-refractivity contribution in [1.82, 2.24) is 0 Å². The number of nitrogens with zero attached hydrogens (tertiary/aromatic N) is 1. The monoisotopic (exact) mass is 915 g/mol. The maximum Gasteiger partial charge on any atom is 0.0551 e. The maximum absolute atomic E-state index is 4.16. The third-order valence-corrected chi connectivity index (χ3v) is 13.5. The van der Waals surface area contributed by atoms with Crippen molar-refractivity contribution in [3.8, 4) is 22.3 Å². The third kappa shape index (κ3) is 9.87. The minimum absolute atomic E-state index is 0.0204. The van der Waals surface area contributed by atoms with Crippen molar-refractivity contribution in [1.29, 1.82) is 0 Å². The van der Waals surface area contributed by atoms with Gasteiger partial charge in [-0.15, -0.1) is 13.2 Å². The Morgan fingerprint density at radius 2 is 0.943 bits per heavy atom. The predicted octanol–water partition coefficient (Wildman–Crippen LogP) is 19.7. The van der Waals surface area contributed by atoms with E-state index in [9.17, 15) is 0 Å². The Morgan fingerprint density at radius 3 is 1.51 bits per heavy atom. The van der Waals surface area contributed by atoms with Gasteiger partial charge >= 0.3 is 0 Å². The summed E-state index contributed by atoms with van der Waals surface area (Å²) in [6, 6.07) is 61.0. The lowest BCUT2D eigenvalue weighted by Gasteiger charge is -2.34. The van der Waals surface area contributed by atoms with Crippen LogP contribution in [0.2, 0.25) is 0 Å². The van der Waals surface area contributed by atoms with Crippen LogP contribution in [0.1, 0.15) is 89.1 Å². The number of allylic oxidation sites excluding steroid dienone is 4. The average molecular weight is 915 g/mol. The highest BCUT2D eigenvalue weighted by Crippen LogP contribution is 2.50. The van der Waals surface area contributed by atoms with Gasteiger partial charge in [-0.2, -0.15) is 0 Å². The Balaban J connectivity index is 0.00000105. The molecule has 0 saturated heterocycles. The predicted molar refractivity (Wildman–Crippen MR) is 309 cm³/mol. The second-order valence-corrected chi connectivity index (χ2v) is 20.7. The van der Waals surface area contributed by atoms with E-state index in [1.165, 1.54) is 99.5 Å². The molecule has 70 heavy (non-hydrogen) atoms. The molecule has 352 valence electrons. The number of benzene rings is 9. The summed E-state index contributed by atoms with van der Waals surface area (Å²) >= 11 is 0. The van der Waals surface area contributed by atoms with E-state index < -0.39 is 0 Å². The van der Waals surface area contributed by atoms with Crippen LogP contribution in [-0.4, -0.2) is 6.04 Å². The number of anilines is 4. The summed E-state index contributed by atoms with van der Waals surface area (Å²) in [6.45, 7) is 29.1. The lowest BCUT2D eigenvalue weighted by molar-refractivity contribution is 0.574. The molecule has 0 aromatic heterocycles. The highest BCUT2D eigenvalue weighted by atomic mass is 15.1. The first kappa shape index (κ1) is 49.0. The van der Waals surface area contributed by atoms with Crippen molar-refractivity contribution in [2.24, 2.45) is 0 Å². The molecule has 0 aliphatic heterocycles. The second kappa shape index (κ2) is 20.7. The van der Waals surface area contributed by atoms with Crippen molar-refractivity contribution in [2.45, 2.75) is 92.0 Å². The minimum atomic E-state index is -0.106. The van der Waals surface area contributed by atoms with E-state index in [4.69, 9.17) is 0 Å². The molecule has 0 heterocycles. The van der Waals surface area contributed by atoms with Gasteiger partial charge in [0.1, 0.15) is 0 Å². The fourth-order valence-corrected chi connectivity index (χ4v) is 10.3. The highest BCUT2D eigenvalue weighted by Gasteiger charge is 2.30. The van der Waals surface area contributed by atoms with E-state index in [1.54, 1.807) is 12.2 Å². The number of aryl methyl sites for hydroxylation is 2. The van der Waals surface area contributed by atoms with Gasteiger partial charge in [0, 0.05) is 28.1 Å². The molecule has 1 aliphatic rings. The lowest BCUT2D eigenvalue weighted by atomic mass is 9.76. The molecule has 1 N–H and O–H groups in total. The number of nitrogens with one attached hydrogen (secondary N) is 1. The maximum atomic E-state index is 4.16. The molecule has 0 fully saturated rings. The Kier molecular flexibility index (Phi) is 14.5. The highest BCUT2D eigenvalue weighted by molar-refractivity contribution is 6.29. The first-order chi connectivity index (χ1) is 33.7. The molecule has 1 aliphatic carbocycles. The van der Waals surface area contributed by atoms with Gasteiger partial charge in [0.15, 0.2) is 0 Å². The Labute approximate surface area is 418 Å². The van der Waals surface area contributed by atoms with Gasteiger partial charge in [0.25, 0.3) is 0 Å². The number of para-hydroxylation sites is 1. The zero-order valence-corrected chi connectivity index (χ0v) is 43.1. The van der Waals surface area contributed by atoms with Crippen molar-refractivity contribution in [3.63, 3.8) is 0 Å². The van der Waals surface area contributed by atoms with Gasteiger partial charge in [-0.1, -0.05) is 211 Å². The first-order valence-corrected chi connectivity index (χ1v) is 24.9. The molecule has 10 rings (SSSR count). The van der Waals surface area contributed by atoms with Crippen molar-refractivity contribution in [3.05, 3.63) is 241 Å². The third-order valence-electron chi connectivity index (χ3n) is 13.5. The summed E-state index contributed by atoms with van der Waals surface area (Å²) in [6.07, 6.45) is 12.7. The van der Waals surface area contributed by atoms with Gasteiger partial charge in [0.05, 0.1) is 17.4 Å². The van der Waals surface area contributed by atoms with E-state index in [2.05, 4.69) is 267 Å². The van der Waals surface area contributed by atoms with Gasteiger partial charge in [0.2, 0.25) is 0 Å². The second-order valence-electron chi connectivity index (χ2n) is 20.7. The SMILES string of the molecule is C=CC.C=CC.Cc1cc(NC2C=CC=CC2c2cc(-c3ccccc3)ccc2C(C)(C)C)c2ccc3c(C)cc(N(c4ccccc4)c4cc(-c5ccccc5)ccc4C(C)(C)C)c4ccc1c2c34. The number of hydrogen-bond donors (Lipinski definition) is 1. The van der Waals surface area contributed by atoms with Crippen LogP contribution in [0.25, 0.3) is 54.6 Å². The lowest BCUT2D eigenvalue weighted by Crippen LogP contribution is -2.28. The topological polar surface area (TPSA) is 15.3 Å². The summed E-state index contributed by atoms with van der Waals surface area (Å²) in [5.74, 6) is 0.138. The fraction of sp³-hybridized carbons (Fsp3) is 0.206. The largest absolute Gasteiger partial charge is 0.377 e. The number of rotatable bonds is 8. The van der Waals surface area contributed by atoms with Gasteiger partial charge in [-0.3, -0.25) is 0 Å². The van der Waals surface area contributed by atoms with Crippen LogP contribution in [0.5, 0.6) is 0 Å². The van der Waals surface area contributed by atoms with Crippen LogP contribution >= 0.6 is 0 Å². The van der Waals surface area contributed by atoms with Gasteiger partial charge < -0.3 is 10.2 Å². The summed E-state index contributed by atoms with van der Waals surface area (Å²) in [5.41, 5.74) is 16.1. The Hall–Kier alpha value is -7.42. The molecule has 2 unspecified atom stereocenters. The minimum Gasteiger partial charge on any atom is -0.377 e. The quantitative estimate of drug-likeness (QED) is 0.121. The molecule has 9 aromatic rings. The smallest absolute Gasteiger partial charge is 0.0551 e. The summed E-state index contributed by atoms with van der Waals surface area (Å²) < 4.78 is 0. The van der Waals surface area contributed by atoms with E-state index in [0.717, 1.165) is 5.69 Å². The van der Waals surface area contributed by atoms with Crippen LogP contribution < -0.4 is 10.2 Å². The molecule has 9 aromatic carbocycles. The van der Waals surface area contributed by atoms with E-state index in [-0.39, 0.29) is 22.8 Å². The molecule has 0 spiro atoms. The van der Waals surface area contributed by atoms with E-state index in [0.29, 0.717) is 0 Å². The fourth-order valence-electron chi connectivity index (χ4n) is 10.3. The van der Waals surface area contributed by atoms with Crippen LogP contribution in [0.3, 0.4) is 0 Å². The van der Waals surface area contributed by atoms with Crippen LogP contribution in [-0.2, 0) is 10.8 Å². The molecule has 0 radical (unpaired) electrons. The molecule has 0 amide bonds. The zero-order chi connectivity index (χ0) is 49.7. The average Bonchev–Trinajstić information content (AvgIpc) is 3.35. The van der Waals surface area contributed by atoms with Crippen LogP contribution in [0.4, 0.5) is 22.7 Å². The molecule has 2 heteroatoms. The van der Waals surface area contributed by atoms with Crippen LogP contribution in [0.15, 0.2) is 213 Å². The standard InChI is InChI=1S/C62H58N2.2C3H6/c1-40-36-56(63-55-27-19-18-26-49(55)52-38-44(42-20-12-9-13-21-42)28-34-53(52)61(3,4)5)50-32-30-48-41(2)37-57(51-33-31-47(40)59(50)60(48)51)64(46-24-16-11-17-25-46)58-39-45(43-22-14-10-15-23-43)29-35-54(58)62(6,7)8;2*1-3-2/h9-39,49,55,63H,1-8H3;2*3H,1H2,2H3. The molecule has 0 bridgehead atoms. The summed E-state index contributed by atoms with van der Waals surface area (Å²) in [4.78, 5) is 2.53. The summed E-state index contributed by atoms with van der Waals surface area (Å²) in [5, 5.41) is 11.9. The molecule has 2 atom stereocenters. The number of hydrogen-bond acceptors (Lipinski definition) is 2. The Morgan fingerprint density at radius 1 is 0.471 bits per heavy atom. The van der Waals surface area contributed by atoms with Gasteiger partial charge in [-0.05, 0) is 140 Å². The van der Waals surface area contributed by atoms with E-state index in [1.807, 2.05) is 13.8 Å². The zero-order valence-electron chi connectivity index (χ0n) is 43.1. The van der Waals surface area contributed by atoms with E-state index >= 15 is 0 Å². The first-order valence-electron chi connectivity index (χ1n) is 24.9. The molecule has 0 saturated carbocycles. The molecular weight excluding hydrogens is 845 g/mol. The summed E-state index contributed by atoms with van der Waals surface area (Å²) in [7, 11) is 0. The van der Waals surface area contributed by atoms with Crippen LogP contribution in [0, 0.1) is 13.8 Å². The normalized spacial score (nSPS) is 14.4. The van der Waals surface area contributed by atoms with Gasteiger partial charge in [-0.25, -0.2) is 0 Å². The van der Waals surface area contributed by atoms with Crippen molar-refractivity contribution >= 4 is 55.1 Å².